The molecule has 0 aliphatic carbocycles. The van der Waals surface area contributed by atoms with E-state index in [0.29, 0.717) is 0 Å². The van der Waals surface area contributed by atoms with Crippen molar-refractivity contribution in [1.29, 1.82) is 0 Å². The quantitative estimate of drug-likeness (QED) is 0.634. The van der Waals surface area contributed by atoms with E-state index in [-0.39, 0.29) is 18.3 Å². The summed E-state index contributed by atoms with van der Waals surface area (Å²) in [5.41, 5.74) is 0. The number of hydrogen-bond donors (Lipinski definition) is 1. The molecule has 11 heavy (non-hydrogen) atoms. The molecule has 0 aromatic heterocycles. The van der Waals surface area contributed by atoms with Gasteiger partial charge in [-0.3, -0.25) is 4.79 Å². The first kappa shape index (κ1) is 10.7. The zero-order valence-corrected chi connectivity index (χ0v) is 7.43. The second-order valence-electron chi connectivity index (χ2n) is 2.71. The number of carbonyl (C=O) groups is 1. The van der Waals surface area contributed by atoms with Gasteiger partial charge < -0.3 is 10.0 Å². The van der Waals surface area contributed by atoms with Crippen LogP contribution in [-0.2, 0) is 4.79 Å². The van der Waals surface area contributed by atoms with E-state index < -0.39 is 6.10 Å². The number of aliphatic hydroxyl groups is 1. The summed E-state index contributed by atoms with van der Waals surface area (Å²) in [7, 11) is 0. The van der Waals surface area contributed by atoms with Crippen molar-refractivity contribution in [2.24, 2.45) is 0 Å². The lowest BCUT2D eigenvalue weighted by atomic mass is 10.3. The number of hydrogen-bond acceptors (Lipinski definition) is 2. The van der Waals surface area contributed by atoms with Crippen molar-refractivity contribution < 1.29 is 9.90 Å². The Bertz CT molecular complexity index is 132. The summed E-state index contributed by atoms with van der Waals surface area (Å²) < 4.78 is 0. The smallest absolute Gasteiger partial charge is 0.251 e. The van der Waals surface area contributed by atoms with Crippen LogP contribution in [0, 0.1) is 0 Å². The molecule has 0 saturated carbocycles. The highest BCUT2D eigenvalue weighted by Gasteiger charge is 2.20. The summed E-state index contributed by atoms with van der Waals surface area (Å²) in [4.78, 5) is 12.7. The normalized spacial score (nSPS) is 19.3. The second-order valence-corrected chi connectivity index (χ2v) is 2.71. The van der Waals surface area contributed by atoms with Crippen LogP contribution < -0.4 is 0 Å². The van der Waals surface area contributed by atoms with E-state index >= 15 is 0 Å². The van der Waals surface area contributed by atoms with Gasteiger partial charge in [0.25, 0.3) is 5.91 Å². The van der Waals surface area contributed by atoms with Crippen molar-refractivity contribution in [3.63, 3.8) is 0 Å². The first-order chi connectivity index (χ1) is 4.72. The van der Waals surface area contributed by atoms with Crippen LogP contribution in [0.2, 0.25) is 0 Å². The fraction of sp³-hybridized carbons (Fsp3) is 0.857. The number of rotatable bonds is 1. The van der Waals surface area contributed by atoms with Gasteiger partial charge in [-0.2, -0.15) is 0 Å². The molecule has 1 N–H and O–H groups in total. The van der Waals surface area contributed by atoms with E-state index in [0.717, 1.165) is 25.9 Å². The predicted molar refractivity (Wildman–Crippen MR) is 44.7 cm³/mol. The Morgan fingerprint density at radius 1 is 1.45 bits per heavy atom. The van der Waals surface area contributed by atoms with Crippen molar-refractivity contribution in [3.05, 3.63) is 0 Å². The van der Waals surface area contributed by atoms with Gasteiger partial charge in [-0.1, -0.05) is 0 Å². The number of likely N-dealkylation sites (tertiary alicyclic amines) is 1. The zero-order chi connectivity index (χ0) is 7.56. The molecule has 66 valence electrons. The maximum absolute atomic E-state index is 11.0. The Morgan fingerprint density at radius 2 is 1.91 bits per heavy atom. The Hall–Kier alpha value is -0.280. The molecule has 0 radical (unpaired) electrons. The molecule has 1 rings (SSSR count). The molecular weight excluding hydrogens is 166 g/mol. The number of amides is 1. The highest BCUT2D eigenvalue weighted by molar-refractivity contribution is 5.85. The van der Waals surface area contributed by atoms with Crippen molar-refractivity contribution in [2.45, 2.75) is 25.9 Å². The molecule has 1 aliphatic heterocycles. The lowest BCUT2D eigenvalue weighted by Crippen LogP contribution is -2.35. The van der Waals surface area contributed by atoms with E-state index in [4.69, 9.17) is 5.11 Å². The van der Waals surface area contributed by atoms with Crippen molar-refractivity contribution in [1.82, 2.24) is 4.90 Å². The van der Waals surface area contributed by atoms with Gasteiger partial charge in [0, 0.05) is 13.1 Å². The summed E-state index contributed by atoms with van der Waals surface area (Å²) in [5, 5.41) is 8.89. The second kappa shape index (κ2) is 4.57. The molecule has 0 aromatic carbocycles. The molecule has 1 aliphatic rings. The minimum Gasteiger partial charge on any atom is -0.384 e. The fourth-order valence-electron chi connectivity index (χ4n) is 1.20. The third kappa shape index (κ3) is 2.67. The van der Waals surface area contributed by atoms with Crippen LogP contribution in [0.5, 0.6) is 0 Å². The van der Waals surface area contributed by atoms with Gasteiger partial charge in [0.15, 0.2) is 0 Å². The monoisotopic (exact) mass is 179 g/mol. The number of aliphatic hydroxyl groups excluding tert-OH is 1. The summed E-state index contributed by atoms with van der Waals surface area (Å²) in [5.74, 6) is -0.127. The molecule has 3 nitrogen and oxygen atoms in total. The minimum absolute atomic E-state index is 0. The maximum Gasteiger partial charge on any atom is 0.251 e. The fourth-order valence-corrected chi connectivity index (χ4v) is 1.20. The zero-order valence-electron chi connectivity index (χ0n) is 6.62. The van der Waals surface area contributed by atoms with Crippen molar-refractivity contribution >= 4 is 18.3 Å². The van der Waals surface area contributed by atoms with Gasteiger partial charge in [0.2, 0.25) is 0 Å². The molecule has 0 bridgehead atoms. The molecule has 1 saturated heterocycles. The third-order valence-electron chi connectivity index (χ3n) is 1.78. The molecule has 0 aromatic rings. The molecule has 0 spiro atoms. The lowest BCUT2D eigenvalue weighted by Gasteiger charge is -2.16. The topological polar surface area (TPSA) is 40.5 Å². The summed E-state index contributed by atoms with van der Waals surface area (Å²) >= 11 is 0. The Balaban J connectivity index is 0.000001000. The highest BCUT2D eigenvalue weighted by Crippen LogP contribution is 2.08. The predicted octanol–water partition coefficient (Wildman–Crippen LogP) is 0.411. The van der Waals surface area contributed by atoms with E-state index in [1.54, 1.807) is 4.90 Å². The van der Waals surface area contributed by atoms with Crippen LogP contribution in [-0.4, -0.2) is 35.1 Å². The molecular formula is C7H14ClNO2. The molecule has 1 fully saturated rings. The average molecular weight is 180 g/mol. The molecule has 1 unspecified atom stereocenters. The van der Waals surface area contributed by atoms with Gasteiger partial charge >= 0.3 is 0 Å². The Kier molecular flexibility index (Phi) is 4.45. The molecule has 1 heterocycles. The lowest BCUT2D eigenvalue weighted by molar-refractivity contribution is -0.138. The van der Waals surface area contributed by atoms with Crippen molar-refractivity contribution in [3.8, 4) is 0 Å². The number of halogens is 1. The van der Waals surface area contributed by atoms with Crippen LogP contribution in [0.3, 0.4) is 0 Å². The van der Waals surface area contributed by atoms with E-state index in [1.165, 1.54) is 6.92 Å². The molecule has 1 atom stereocenters. The first-order valence-electron chi connectivity index (χ1n) is 3.68. The first-order valence-corrected chi connectivity index (χ1v) is 3.68. The standard InChI is InChI=1S/C7H13NO2.ClH/c1-6(9)7(10)8-4-2-3-5-8;/h6,9H,2-5H2,1H3;1H. The van der Waals surface area contributed by atoms with Crippen LogP contribution >= 0.6 is 12.4 Å². The van der Waals surface area contributed by atoms with Crippen LogP contribution in [0.1, 0.15) is 19.8 Å². The van der Waals surface area contributed by atoms with Gasteiger partial charge in [-0.15, -0.1) is 12.4 Å². The number of carbonyl (C=O) groups excluding carboxylic acids is 1. The van der Waals surface area contributed by atoms with Crippen LogP contribution in [0.4, 0.5) is 0 Å². The van der Waals surface area contributed by atoms with Crippen LogP contribution in [0.25, 0.3) is 0 Å². The highest BCUT2D eigenvalue weighted by atomic mass is 35.5. The van der Waals surface area contributed by atoms with Crippen molar-refractivity contribution in [2.75, 3.05) is 13.1 Å². The van der Waals surface area contributed by atoms with Gasteiger partial charge in [-0.25, -0.2) is 0 Å². The average Bonchev–Trinajstić information content (AvgIpc) is 2.36. The van der Waals surface area contributed by atoms with Gasteiger partial charge in [0.05, 0.1) is 0 Å². The SMILES string of the molecule is CC(O)C(=O)N1CCCC1.Cl. The maximum atomic E-state index is 11.0. The summed E-state index contributed by atoms with van der Waals surface area (Å²) in [6, 6.07) is 0. The Labute approximate surface area is 72.8 Å². The van der Waals surface area contributed by atoms with Gasteiger partial charge in [0.1, 0.15) is 6.10 Å². The minimum atomic E-state index is -0.821. The molecule has 1 amide bonds. The largest absolute Gasteiger partial charge is 0.384 e. The Morgan fingerprint density at radius 3 is 2.27 bits per heavy atom. The molecule has 4 heteroatoms. The number of nitrogens with zero attached hydrogens (tertiary/aromatic N) is 1. The summed E-state index contributed by atoms with van der Waals surface area (Å²) in [6.07, 6.45) is 1.34. The van der Waals surface area contributed by atoms with E-state index in [9.17, 15) is 4.79 Å². The van der Waals surface area contributed by atoms with Crippen LogP contribution in [0.15, 0.2) is 0 Å². The van der Waals surface area contributed by atoms with E-state index in [1.807, 2.05) is 0 Å². The third-order valence-corrected chi connectivity index (χ3v) is 1.78. The van der Waals surface area contributed by atoms with E-state index in [2.05, 4.69) is 0 Å². The summed E-state index contributed by atoms with van der Waals surface area (Å²) in [6.45, 7) is 3.16. The van der Waals surface area contributed by atoms with Gasteiger partial charge in [-0.05, 0) is 19.8 Å².